The molecule has 18 nitrogen and oxygen atoms in total. The average molecular weight is 1710 g/mol. The fraction of sp³-hybridized carbons (Fsp3) is 0.429. The highest BCUT2D eigenvalue weighted by atomic mass is 79.9. The lowest BCUT2D eigenvalue weighted by Crippen LogP contribution is -2.48. The van der Waals surface area contributed by atoms with Gasteiger partial charge in [0.1, 0.15) is 0 Å². The van der Waals surface area contributed by atoms with Crippen LogP contribution in [0.2, 0.25) is 0 Å². The minimum Gasteiger partial charge on any atom is -0.368 e. The van der Waals surface area contributed by atoms with Crippen LogP contribution < -0.4 is 20.7 Å². The van der Waals surface area contributed by atoms with Crippen LogP contribution in [0.15, 0.2) is 203 Å². The first-order valence-electron chi connectivity index (χ1n) is 33.7. The molecule has 2 amide bonds. The minimum absolute atomic E-state index is 0. The number of amides is 2. The zero-order valence-electron chi connectivity index (χ0n) is 62.1. The minimum atomic E-state index is -3.49. The van der Waals surface area contributed by atoms with E-state index in [1.165, 1.54) is 5.56 Å². The summed E-state index contributed by atoms with van der Waals surface area (Å²) in [6, 6.07) is 60.7. The number of hydrogen-bond donors (Lipinski definition) is 3. The number of sulfonamides is 3. The Morgan fingerprint density at radius 1 is 0.447 bits per heavy atom. The second kappa shape index (κ2) is 43.4. The summed E-state index contributed by atoms with van der Waals surface area (Å²) in [4.78, 5) is 28.2. The molecule has 0 saturated carbocycles. The molecule has 568 valence electrons. The molecule has 26 heteroatoms. The van der Waals surface area contributed by atoms with Crippen LogP contribution in [0.5, 0.6) is 0 Å². The van der Waals surface area contributed by atoms with E-state index in [2.05, 4.69) is 74.9 Å². The van der Waals surface area contributed by atoms with Crippen molar-refractivity contribution in [3.05, 3.63) is 242 Å². The second-order valence-corrected chi connectivity index (χ2v) is 39.5. The summed E-state index contributed by atoms with van der Waals surface area (Å²) in [7, 11) is -8.52. The number of hydrogen-bond acceptors (Lipinski definition) is 13. The van der Waals surface area contributed by atoms with Crippen molar-refractivity contribution in [3.63, 3.8) is 0 Å². The van der Waals surface area contributed by atoms with Gasteiger partial charge in [-0.05, 0) is 158 Å². The summed E-state index contributed by atoms with van der Waals surface area (Å²) in [5.74, 6) is 0.247. The Morgan fingerprint density at radius 3 is 1.04 bits per heavy atom. The number of nitrogens with two attached hydrogens (primary N) is 1. The summed E-state index contributed by atoms with van der Waals surface area (Å²) in [6.07, 6.45) is 0. The number of alkyl halides is 1. The molecular weight excluding hydrogens is 1600 g/mol. The topological polar surface area (TPSA) is 237 Å². The molecule has 2 aliphatic heterocycles. The monoisotopic (exact) mass is 1700 g/mol. The molecule has 0 atom stereocenters. The van der Waals surface area contributed by atoms with Gasteiger partial charge in [0, 0.05) is 132 Å². The van der Waals surface area contributed by atoms with Gasteiger partial charge in [0.15, 0.2) is 0 Å². The number of piperazine rings is 2. The molecule has 2 saturated heterocycles. The third-order valence-electron chi connectivity index (χ3n) is 14.6. The maximum atomic E-state index is 13.2. The average Bonchev–Trinajstić information content (AvgIpc) is 0.805. The zero-order chi connectivity index (χ0) is 77.5. The van der Waals surface area contributed by atoms with Crippen molar-refractivity contribution in [2.75, 3.05) is 57.3 Å². The summed E-state index contributed by atoms with van der Waals surface area (Å²) >= 11 is 10.1. The number of rotatable bonds is 17. The molecule has 2 aliphatic rings. The van der Waals surface area contributed by atoms with Gasteiger partial charge in [0.2, 0.25) is 50.9 Å². The van der Waals surface area contributed by atoms with Crippen molar-refractivity contribution in [2.24, 2.45) is 5.73 Å². The number of carbonyl (C=O) groups is 2. The highest BCUT2D eigenvalue weighted by molar-refractivity contribution is 9.10. The van der Waals surface area contributed by atoms with Crippen molar-refractivity contribution >= 4 is 115 Å². The van der Waals surface area contributed by atoms with Crippen LogP contribution >= 0.6 is 58.5 Å². The van der Waals surface area contributed by atoms with E-state index in [4.69, 9.17) is 16.4 Å². The van der Waals surface area contributed by atoms with Gasteiger partial charge in [-0.15, -0.1) is 0 Å². The van der Waals surface area contributed by atoms with Gasteiger partial charge >= 0.3 is 0 Å². The Bertz CT molecular complexity index is 4080. The standard InChI is InChI=1S/C24H33N3O3S.C18H22BrNO2S.C11H17NO2S.C7H6Br2.C7H7ClO2S.C6H12N2O.C4H11N/c1-20(28)25-14-16-26(17-15-25)23-12-10-21(11-13-23)18-27(24(2,3)4)31(29,30)19-22-8-6-5-7-9-22;1-18(2,3)20(13-15-9-11-17(19)12-10-15)23(21,22)14-16-7-5-4-6-8-16;1-11(2,3)12-15(13,14)9-10-7-5-4-6-8-10;8-5-6-1-3-7(9)4-2-6;8-11(9,10)6-7-4-2-1-3-5-7;1-6(9)8-4-2-7-3-5-8;1-4(2,3)5/h5-13H,14-19H2,1-4H3;4-12H,13-14H2,1-3H3;4-8,12H,9H2,1-3H3;1-4H,5H2;1-5H,6H2;7H,2-5H2,1H3;5H2,1-3H3. The fourth-order valence-corrected chi connectivity index (χ4v) is 17.3. The van der Waals surface area contributed by atoms with Crippen LogP contribution in [0.3, 0.4) is 0 Å². The molecule has 4 N–H and O–H groups in total. The lowest BCUT2D eigenvalue weighted by molar-refractivity contribution is -0.130. The van der Waals surface area contributed by atoms with Crippen LogP contribution in [-0.4, -0.2) is 138 Å². The third-order valence-corrected chi connectivity index (χ3v) is 23.1. The molecule has 0 spiro atoms. The molecule has 0 radical (unpaired) electrons. The maximum Gasteiger partial charge on any atom is 0.236 e. The van der Waals surface area contributed by atoms with E-state index < -0.39 is 55.7 Å². The summed E-state index contributed by atoms with van der Waals surface area (Å²) in [6.45, 7) is 33.6. The Hall–Kier alpha value is -5.39. The molecule has 7 aromatic carbocycles. The molecule has 7 aromatic rings. The van der Waals surface area contributed by atoms with E-state index in [1.54, 1.807) is 46.7 Å². The largest absolute Gasteiger partial charge is 0.368 e. The van der Waals surface area contributed by atoms with Gasteiger partial charge in [-0.25, -0.2) is 38.4 Å². The maximum absolute atomic E-state index is 13.2. The van der Waals surface area contributed by atoms with E-state index in [0.717, 1.165) is 100 Å². The summed E-state index contributed by atoms with van der Waals surface area (Å²) in [5, 5.41) is 4.11. The predicted octanol–water partition coefficient (Wildman–Crippen LogP) is 15.3. The van der Waals surface area contributed by atoms with Gasteiger partial charge < -0.3 is 25.8 Å². The Balaban J connectivity index is 0.000000336. The van der Waals surface area contributed by atoms with E-state index in [9.17, 15) is 43.3 Å². The molecule has 0 aliphatic carbocycles. The van der Waals surface area contributed by atoms with Crippen LogP contribution in [0, 0.1) is 0 Å². The fourth-order valence-electron chi connectivity index (χ4n) is 9.87. The number of carbonyl (C=O) groups excluding carboxylic acids is 2. The van der Waals surface area contributed by atoms with Crippen LogP contribution in [-0.2, 0) is 90.1 Å². The molecule has 103 heavy (non-hydrogen) atoms. The normalized spacial score (nSPS) is 13.7. The molecule has 2 fully saturated rings. The quantitative estimate of drug-likeness (QED) is 0.0569. The summed E-state index contributed by atoms with van der Waals surface area (Å²) in [5.41, 5.74) is 11.3. The lowest BCUT2D eigenvalue weighted by Gasteiger charge is -2.36. The van der Waals surface area contributed by atoms with Crippen molar-refractivity contribution in [3.8, 4) is 0 Å². The molecule has 0 aromatic heterocycles. The van der Waals surface area contributed by atoms with E-state index in [-0.39, 0.29) is 40.4 Å². The van der Waals surface area contributed by atoms with Crippen molar-refractivity contribution in [1.29, 1.82) is 0 Å². The van der Waals surface area contributed by atoms with Crippen LogP contribution in [0.4, 0.5) is 5.69 Å². The van der Waals surface area contributed by atoms with Gasteiger partial charge in [-0.3, -0.25) is 9.59 Å². The molecule has 9 rings (SSSR count). The van der Waals surface area contributed by atoms with Gasteiger partial charge in [-0.2, -0.15) is 8.61 Å². The Morgan fingerprint density at radius 2 is 0.748 bits per heavy atom. The van der Waals surface area contributed by atoms with Crippen LogP contribution in [0.1, 0.15) is 136 Å². The molecular formula is C77H108Br3ClN8O10S4. The van der Waals surface area contributed by atoms with E-state index in [1.807, 2.05) is 251 Å². The van der Waals surface area contributed by atoms with Crippen molar-refractivity contribution in [2.45, 2.75) is 161 Å². The Kier molecular flexibility index (Phi) is 38.7. The molecule has 0 unspecified atom stereocenters. The van der Waals surface area contributed by atoms with Crippen molar-refractivity contribution < 1.29 is 43.3 Å². The van der Waals surface area contributed by atoms with Gasteiger partial charge in [-0.1, -0.05) is 206 Å². The first-order valence-corrected chi connectivity index (χ1v) is 43.8. The molecule has 2 heterocycles. The highest BCUT2D eigenvalue weighted by Gasteiger charge is 2.34. The molecule has 0 bridgehead atoms. The van der Waals surface area contributed by atoms with Crippen molar-refractivity contribution in [1.82, 2.24) is 28.4 Å². The summed E-state index contributed by atoms with van der Waals surface area (Å²) < 4.78 is 105. The number of nitrogens with one attached hydrogen (secondary N) is 2. The van der Waals surface area contributed by atoms with Gasteiger partial charge in [0.25, 0.3) is 0 Å². The third kappa shape index (κ3) is 40.2. The smallest absolute Gasteiger partial charge is 0.236 e. The number of halogens is 4. The first-order chi connectivity index (χ1) is 47.7. The predicted molar refractivity (Wildman–Crippen MR) is 436 cm³/mol. The highest BCUT2D eigenvalue weighted by Crippen LogP contribution is 2.28. The van der Waals surface area contributed by atoms with E-state index >= 15 is 0 Å². The van der Waals surface area contributed by atoms with Crippen LogP contribution in [0.25, 0.3) is 0 Å². The first kappa shape index (κ1) is 91.8. The number of anilines is 1. The Labute approximate surface area is 646 Å². The zero-order valence-corrected chi connectivity index (χ0v) is 70.9. The van der Waals surface area contributed by atoms with Gasteiger partial charge in [0.05, 0.1) is 23.0 Å². The number of benzene rings is 7. The number of nitrogens with zero attached hydrogens (tertiary/aromatic N) is 5. The van der Waals surface area contributed by atoms with E-state index in [0.29, 0.717) is 18.7 Å². The second-order valence-electron chi connectivity index (χ2n) is 28.8. The lowest BCUT2D eigenvalue weighted by atomic mass is 10.1. The SMILES string of the molecule is BrCc1ccc(Br)cc1.CC(=O)N1CCN(c2ccc(CN(C(C)(C)C)S(=O)(=O)Cc3ccccc3)cc2)CC1.CC(=O)N1CCNCC1.CC(C)(C)N.CC(C)(C)N(Cc1ccc(Br)cc1)S(=O)(=O)Cc1ccccc1.CC(C)(C)NS(=O)(=O)Cc1ccccc1.O=S(=O)(Cl)Cc1ccccc1.